The molecule has 0 aliphatic rings. The van der Waals surface area contributed by atoms with Gasteiger partial charge in [-0.15, -0.1) is 0 Å². The molecule has 1 aromatic carbocycles. The van der Waals surface area contributed by atoms with Gasteiger partial charge in [-0.05, 0) is 18.1 Å². The van der Waals surface area contributed by atoms with Crippen LogP contribution in [0.5, 0.6) is 0 Å². The molecule has 0 atom stereocenters. The van der Waals surface area contributed by atoms with Crippen molar-refractivity contribution in [3.8, 4) is 0 Å². The maximum absolute atomic E-state index is 10.6. The van der Waals surface area contributed by atoms with Crippen molar-refractivity contribution in [1.29, 1.82) is 0 Å². The van der Waals surface area contributed by atoms with E-state index >= 15 is 0 Å². The molecule has 4 heteroatoms. The first-order valence-corrected chi connectivity index (χ1v) is 5.93. The van der Waals surface area contributed by atoms with Crippen molar-refractivity contribution in [3.05, 3.63) is 53.6 Å². The van der Waals surface area contributed by atoms with E-state index in [1.54, 1.807) is 6.20 Å². The number of carboxylic acids is 1. The molecule has 0 radical (unpaired) electrons. The van der Waals surface area contributed by atoms with Crippen LogP contribution in [-0.2, 0) is 17.8 Å². The molecule has 1 aromatic heterocycles. The standard InChI is InChI=1S/C14H16N2O2/c1-11-4-2-3-5-12(11)10-16-9-8-15-13(16)6-7-14(17)18/h2-5,8-9H,6-7,10H2,1H3,(H,17,18). The molecule has 0 bridgehead atoms. The highest BCUT2D eigenvalue weighted by atomic mass is 16.4. The van der Waals surface area contributed by atoms with E-state index in [0.717, 1.165) is 12.4 Å². The lowest BCUT2D eigenvalue weighted by Crippen LogP contribution is -2.07. The Kier molecular flexibility index (Phi) is 3.77. The molecule has 4 nitrogen and oxygen atoms in total. The minimum absolute atomic E-state index is 0.116. The lowest BCUT2D eigenvalue weighted by atomic mass is 10.1. The molecule has 94 valence electrons. The molecule has 0 fully saturated rings. The zero-order valence-electron chi connectivity index (χ0n) is 10.3. The summed E-state index contributed by atoms with van der Waals surface area (Å²) >= 11 is 0. The van der Waals surface area contributed by atoms with E-state index in [0.29, 0.717) is 6.42 Å². The summed E-state index contributed by atoms with van der Waals surface area (Å²) in [5, 5.41) is 8.70. The van der Waals surface area contributed by atoms with Crippen molar-refractivity contribution < 1.29 is 9.90 Å². The lowest BCUT2D eigenvalue weighted by molar-refractivity contribution is -0.137. The Balaban J connectivity index is 2.12. The average Bonchev–Trinajstić information content (AvgIpc) is 2.77. The van der Waals surface area contributed by atoms with Crippen molar-refractivity contribution in [3.63, 3.8) is 0 Å². The fourth-order valence-corrected chi connectivity index (χ4v) is 1.90. The minimum atomic E-state index is -0.791. The molecule has 0 saturated heterocycles. The van der Waals surface area contributed by atoms with E-state index in [1.165, 1.54) is 11.1 Å². The molecular weight excluding hydrogens is 228 g/mol. The summed E-state index contributed by atoms with van der Waals surface area (Å²) in [5.74, 6) is 0.0288. The maximum Gasteiger partial charge on any atom is 0.303 e. The molecule has 1 heterocycles. The number of imidazole rings is 1. The zero-order valence-corrected chi connectivity index (χ0v) is 10.3. The van der Waals surface area contributed by atoms with E-state index < -0.39 is 5.97 Å². The number of carboxylic acid groups (broad SMARTS) is 1. The summed E-state index contributed by atoms with van der Waals surface area (Å²) in [6.07, 6.45) is 4.19. The summed E-state index contributed by atoms with van der Waals surface area (Å²) in [6, 6.07) is 8.17. The number of hydrogen-bond acceptors (Lipinski definition) is 2. The van der Waals surface area contributed by atoms with Crippen LogP contribution in [0.1, 0.15) is 23.4 Å². The van der Waals surface area contributed by atoms with Gasteiger partial charge in [0.2, 0.25) is 0 Å². The van der Waals surface area contributed by atoms with Crippen LogP contribution < -0.4 is 0 Å². The Hall–Kier alpha value is -2.10. The van der Waals surface area contributed by atoms with Gasteiger partial charge in [-0.25, -0.2) is 4.98 Å². The normalized spacial score (nSPS) is 10.5. The van der Waals surface area contributed by atoms with Crippen LogP contribution in [0.25, 0.3) is 0 Å². The third-order valence-corrected chi connectivity index (χ3v) is 2.97. The quantitative estimate of drug-likeness (QED) is 0.877. The van der Waals surface area contributed by atoms with E-state index in [2.05, 4.69) is 24.0 Å². The number of rotatable bonds is 5. The van der Waals surface area contributed by atoms with Crippen LogP contribution in [0.4, 0.5) is 0 Å². The number of hydrogen-bond donors (Lipinski definition) is 1. The van der Waals surface area contributed by atoms with Gasteiger partial charge < -0.3 is 9.67 Å². The second-order valence-corrected chi connectivity index (χ2v) is 4.29. The highest BCUT2D eigenvalue weighted by Crippen LogP contribution is 2.11. The maximum atomic E-state index is 10.6. The van der Waals surface area contributed by atoms with Crippen molar-refractivity contribution in [2.45, 2.75) is 26.3 Å². The van der Waals surface area contributed by atoms with Gasteiger partial charge in [0.1, 0.15) is 5.82 Å². The Labute approximate surface area is 106 Å². The van der Waals surface area contributed by atoms with Gasteiger partial charge in [-0.3, -0.25) is 4.79 Å². The first-order chi connectivity index (χ1) is 8.66. The largest absolute Gasteiger partial charge is 0.481 e. The molecule has 1 N–H and O–H groups in total. The van der Waals surface area contributed by atoms with Gasteiger partial charge in [0.25, 0.3) is 0 Å². The Morgan fingerprint density at radius 2 is 2.17 bits per heavy atom. The fraction of sp³-hybridized carbons (Fsp3) is 0.286. The van der Waals surface area contributed by atoms with Crippen LogP contribution in [0.15, 0.2) is 36.7 Å². The van der Waals surface area contributed by atoms with Crippen molar-refractivity contribution in [2.24, 2.45) is 0 Å². The number of carbonyl (C=O) groups is 1. The van der Waals surface area contributed by atoms with Crippen LogP contribution in [0.2, 0.25) is 0 Å². The lowest BCUT2D eigenvalue weighted by Gasteiger charge is -2.09. The molecule has 2 rings (SSSR count). The highest BCUT2D eigenvalue weighted by Gasteiger charge is 2.07. The zero-order chi connectivity index (χ0) is 13.0. The van der Waals surface area contributed by atoms with Gasteiger partial charge in [0.05, 0.1) is 6.42 Å². The SMILES string of the molecule is Cc1ccccc1Cn1ccnc1CCC(=O)O. The van der Waals surface area contributed by atoms with Gasteiger partial charge >= 0.3 is 5.97 Å². The third kappa shape index (κ3) is 2.97. The molecule has 18 heavy (non-hydrogen) atoms. The Morgan fingerprint density at radius 1 is 1.39 bits per heavy atom. The topological polar surface area (TPSA) is 55.1 Å². The van der Waals surface area contributed by atoms with E-state index in [-0.39, 0.29) is 6.42 Å². The molecular formula is C14H16N2O2. The van der Waals surface area contributed by atoms with E-state index in [9.17, 15) is 4.79 Å². The predicted octanol–water partition coefficient (Wildman–Crippen LogP) is 2.26. The predicted molar refractivity (Wildman–Crippen MR) is 68.5 cm³/mol. The summed E-state index contributed by atoms with van der Waals surface area (Å²) in [5.41, 5.74) is 2.46. The fourth-order valence-electron chi connectivity index (χ4n) is 1.90. The highest BCUT2D eigenvalue weighted by molar-refractivity contribution is 5.66. The van der Waals surface area contributed by atoms with Crippen molar-refractivity contribution in [2.75, 3.05) is 0 Å². The molecule has 0 aliphatic carbocycles. The Bertz CT molecular complexity index is 546. The number of nitrogens with zero attached hydrogens (tertiary/aromatic N) is 2. The van der Waals surface area contributed by atoms with Gasteiger partial charge in [-0.2, -0.15) is 0 Å². The smallest absolute Gasteiger partial charge is 0.303 e. The molecule has 0 spiro atoms. The van der Waals surface area contributed by atoms with E-state index in [4.69, 9.17) is 5.11 Å². The summed E-state index contributed by atoms with van der Waals surface area (Å²) in [6.45, 7) is 2.81. The summed E-state index contributed by atoms with van der Waals surface area (Å²) in [7, 11) is 0. The van der Waals surface area contributed by atoms with Gasteiger partial charge in [-0.1, -0.05) is 24.3 Å². The van der Waals surface area contributed by atoms with Gasteiger partial charge in [0, 0.05) is 25.4 Å². The summed E-state index contributed by atoms with van der Waals surface area (Å²) < 4.78 is 2.01. The first kappa shape index (κ1) is 12.4. The molecule has 0 unspecified atom stereocenters. The average molecular weight is 244 g/mol. The van der Waals surface area contributed by atoms with Crippen LogP contribution in [0, 0.1) is 6.92 Å². The first-order valence-electron chi connectivity index (χ1n) is 5.93. The second kappa shape index (κ2) is 5.49. The number of aromatic nitrogens is 2. The van der Waals surface area contributed by atoms with Crippen LogP contribution >= 0.6 is 0 Å². The van der Waals surface area contributed by atoms with Crippen molar-refractivity contribution in [1.82, 2.24) is 9.55 Å². The molecule has 2 aromatic rings. The monoisotopic (exact) mass is 244 g/mol. The van der Waals surface area contributed by atoms with Crippen molar-refractivity contribution >= 4 is 5.97 Å². The number of aryl methyl sites for hydroxylation is 2. The molecule has 0 aliphatic heterocycles. The number of aliphatic carboxylic acids is 1. The van der Waals surface area contributed by atoms with Crippen LogP contribution in [-0.4, -0.2) is 20.6 Å². The Morgan fingerprint density at radius 3 is 2.89 bits per heavy atom. The van der Waals surface area contributed by atoms with Crippen LogP contribution in [0.3, 0.4) is 0 Å². The second-order valence-electron chi connectivity index (χ2n) is 4.29. The molecule has 0 amide bonds. The minimum Gasteiger partial charge on any atom is -0.481 e. The summed E-state index contributed by atoms with van der Waals surface area (Å²) in [4.78, 5) is 14.8. The molecule has 0 saturated carbocycles. The van der Waals surface area contributed by atoms with Gasteiger partial charge in [0.15, 0.2) is 0 Å². The van der Waals surface area contributed by atoms with E-state index in [1.807, 2.05) is 22.9 Å². The third-order valence-electron chi connectivity index (χ3n) is 2.97. The number of benzene rings is 1.